The molecule has 0 saturated carbocycles. The highest BCUT2D eigenvalue weighted by atomic mass is 32.1. The number of nitrogens with zero attached hydrogens (tertiary/aromatic N) is 3. The molecular formula is C10H13N3O2S. The Labute approximate surface area is 97.4 Å². The van der Waals surface area contributed by atoms with Crippen molar-refractivity contribution in [2.75, 3.05) is 25.0 Å². The number of hydrogen-bond donors (Lipinski definition) is 0. The first-order valence-corrected chi connectivity index (χ1v) is 6.23. The minimum Gasteiger partial charge on any atom is -0.352 e. The van der Waals surface area contributed by atoms with Crippen molar-refractivity contribution >= 4 is 22.0 Å². The molecule has 0 aromatic carbocycles. The van der Waals surface area contributed by atoms with Crippen molar-refractivity contribution in [3.8, 4) is 0 Å². The van der Waals surface area contributed by atoms with E-state index in [2.05, 4.69) is 16.8 Å². The van der Waals surface area contributed by atoms with Crippen LogP contribution < -0.4 is 4.90 Å². The van der Waals surface area contributed by atoms with E-state index >= 15 is 0 Å². The van der Waals surface area contributed by atoms with Crippen molar-refractivity contribution in [2.24, 2.45) is 0 Å². The largest absolute Gasteiger partial charge is 0.352 e. The lowest BCUT2D eigenvalue weighted by molar-refractivity contribution is -0.383. The van der Waals surface area contributed by atoms with E-state index in [-0.39, 0.29) is 10.6 Å². The molecule has 86 valence electrons. The molecule has 2 unspecified atom stereocenters. The zero-order valence-corrected chi connectivity index (χ0v) is 9.81. The number of hydrogen-bond acceptors (Lipinski definition) is 5. The number of fused-ring (bicyclic) bond motifs is 2. The molecule has 0 spiro atoms. The molecular weight excluding hydrogens is 226 g/mol. The van der Waals surface area contributed by atoms with Crippen LogP contribution in [0.5, 0.6) is 0 Å². The fourth-order valence-corrected chi connectivity index (χ4v) is 3.71. The first kappa shape index (κ1) is 10.0. The lowest BCUT2D eigenvalue weighted by atomic mass is 10.2. The number of anilines is 1. The van der Waals surface area contributed by atoms with Gasteiger partial charge in [-0.15, -0.1) is 11.3 Å². The van der Waals surface area contributed by atoms with Gasteiger partial charge >= 0.3 is 5.69 Å². The van der Waals surface area contributed by atoms with Crippen LogP contribution in [0.1, 0.15) is 6.42 Å². The van der Waals surface area contributed by atoms with Crippen LogP contribution in [0.4, 0.5) is 10.7 Å². The molecule has 2 fully saturated rings. The van der Waals surface area contributed by atoms with E-state index < -0.39 is 0 Å². The summed E-state index contributed by atoms with van der Waals surface area (Å²) in [7, 11) is 2.13. The molecule has 0 amide bonds. The number of thiophene rings is 1. The summed E-state index contributed by atoms with van der Waals surface area (Å²) in [6, 6.07) is 2.65. The average Bonchev–Trinajstić information content (AvgIpc) is 2.88. The van der Waals surface area contributed by atoms with Crippen molar-refractivity contribution in [3.05, 3.63) is 21.6 Å². The van der Waals surface area contributed by atoms with Gasteiger partial charge in [-0.25, -0.2) is 0 Å². The topological polar surface area (TPSA) is 49.6 Å². The van der Waals surface area contributed by atoms with E-state index in [4.69, 9.17) is 0 Å². The molecule has 3 heterocycles. The molecule has 0 radical (unpaired) electrons. The Morgan fingerprint density at radius 2 is 2.31 bits per heavy atom. The summed E-state index contributed by atoms with van der Waals surface area (Å²) < 4.78 is 0. The molecule has 3 rings (SSSR count). The number of rotatable bonds is 2. The van der Waals surface area contributed by atoms with Crippen LogP contribution in [-0.4, -0.2) is 42.0 Å². The number of likely N-dealkylation sites (N-methyl/N-ethyl adjacent to an activating group) is 1. The van der Waals surface area contributed by atoms with Gasteiger partial charge in [0.15, 0.2) is 5.00 Å². The second kappa shape index (κ2) is 3.43. The Hall–Kier alpha value is -1.14. The van der Waals surface area contributed by atoms with Gasteiger partial charge in [0.2, 0.25) is 0 Å². The van der Waals surface area contributed by atoms with Gasteiger partial charge in [-0.3, -0.25) is 15.0 Å². The number of piperazine rings is 1. The van der Waals surface area contributed by atoms with E-state index in [1.807, 2.05) is 5.38 Å². The van der Waals surface area contributed by atoms with E-state index in [9.17, 15) is 10.1 Å². The molecule has 2 aliphatic rings. The van der Waals surface area contributed by atoms with E-state index in [1.165, 1.54) is 11.3 Å². The predicted octanol–water partition coefficient (Wildman–Crippen LogP) is 1.55. The zero-order valence-electron chi connectivity index (χ0n) is 9.00. The van der Waals surface area contributed by atoms with Gasteiger partial charge in [-0.1, -0.05) is 0 Å². The molecule has 2 saturated heterocycles. The molecule has 6 heteroatoms. The highest BCUT2D eigenvalue weighted by Crippen LogP contribution is 2.41. The van der Waals surface area contributed by atoms with E-state index in [0.717, 1.165) is 24.5 Å². The van der Waals surface area contributed by atoms with E-state index in [1.54, 1.807) is 6.07 Å². The summed E-state index contributed by atoms with van der Waals surface area (Å²) in [4.78, 5) is 15.2. The van der Waals surface area contributed by atoms with Crippen LogP contribution in [0.25, 0.3) is 0 Å². The van der Waals surface area contributed by atoms with Crippen LogP contribution in [-0.2, 0) is 0 Å². The third kappa shape index (κ3) is 1.33. The predicted molar refractivity (Wildman–Crippen MR) is 63.1 cm³/mol. The molecule has 2 atom stereocenters. The highest BCUT2D eigenvalue weighted by molar-refractivity contribution is 7.14. The quantitative estimate of drug-likeness (QED) is 0.580. The molecule has 16 heavy (non-hydrogen) atoms. The Morgan fingerprint density at radius 3 is 2.88 bits per heavy atom. The lowest BCUT2D eigenvalue weighted by Gasteiger charge is -2.32. The van der Waals surface area contributed by atoms with Gasteiger partial charge < -0.3 is 4.90 Å². The Bertz CT molecular complexity index is 431. The van der Waals surface area contributed by atoms with E-state index in [0.29, 0.717) is 12.1 Å². The van der Waals surface area contributed by atoms with Gasteiger partial charge in [0.1, 0.15) is 0 Å². The van der Waals surface area contributed by atoms with Crippen LogP contribution >= 0.6 is 11.3 Å². The van der Waals surface area contributed by atoms with Crippen molar-refractivity contribution < 1.29 is 4.92 Å². The standard InChI is InChI=1S/C10H13N3O2S/c1-11-5-8-4-7(11)6-12(8)10-9(13(14)15)2-3-16-10/h2-3,7-8H,4-6H2,1H3. The highest BCUT2D eigenvalue weighted by Gasteiger charge is 2.43. The smallest absolute Gasteiger partial charge is 0.303 e. The lowest BCUT2D eigenvalue weighted by Crippen LogP contribution is -2.44. The number of nitro groups is 1. The van der Waals surface area contributed by atoms with Gasteiger partial charge in [0.25, 0.3) is 0 Å². The second-order valence-corrected chi connectivity index (χ2v) is 5.40. The van der Waals surface area contributed by atoms with Crippen molar-refractivity contribution in [1.82, 2.24) is 4.90 Å². The summed E-state index contributed by atoms with van der Waals surface area (Å²) in [5.74, 6) is 0. The van der Waals surface area contributed by atoms with Crippen molar-refractivity contribution in [2.45, 2.75) is 18.5 Å². The molecule has 0 N–H and O–H groups in total. The van der Waals surface area contributed by atoms with Crippen LogP contribution in [0.3, 0.4) is 0 Å². The fraction of sp³-hybridized carbons (Fsp3) is 0.600. The molecule has 1 aromatic rings. The van der Waals surface area contributed by atoms with Crippen molar-refractivity contribution in [3.63, 3.8) is 0 Å². The maximum Gasteiger partial charge on any atom is 0.303 e. The Balaban J connectivity index is 1.89. The Kier molecular flexibility index (Phi) is 2.15. The minimum absolute atomic E-state index is 0.264. The minimum atomic E-state index is -0.276. The summed E-state index contributed by atoms with van der Waals surface area (Å²) in [6.07, 6.45) is 1.14. The monoisotopic (exact) mass is 239 g/mol. The second-order valence-electron chi connectivity index (χ2n) is 4.50. The van der Waals surface area contributed by atoms with Crippen LogP contribution in [0.15, 0.2) is 11.4 Å². The van der Waals surface area contributed by atoms with Crippen LogP contribution in [0.2, 0.25) is 0 Å². The van der Waals surface area contributed by atoms with Gasteiger partial charge in [0, 0.05) is 31.2 Å². The summed E-state index contributed by atoms with van der Waals surface area (Å²) in [6.45, 7) is 1.96. The molecule has 5 nitrogen and oxygen atoms in total. The maximum atomic E-state index is 10.9. The summed E-state index contributed by atoms with van der Waals surface area (Å²) >= 11 is 1.48. The third-order valence-electron chi connectivity index (χ3n) is 3.60. The molecule has 2 aliphatic heterocycles. The third-order valence-corrected chi connectivity index (χ3v) is 4.54. The normalized spacial score (nSPS) is 28.9. The van der Waals surface area contributed by atoms with Gasteiger partial charge in [0.05, 0.1) is 4.92 Å². The summed E-state index contributed by atoms with van der Waals surface area (Å²) in [5.41, 5.74) is 0.264. The molecule has 0 aliphatic carbocycles. The maximum absolute atomic E-state index is 10.9. The average molecular weight is 239 g/mol. The zero-order chi connectivity index (χ0) is 11.3. The summed E-state index contributed by atoms with van der Waals surface area (Å²) in [5, 5.41) is 13.5. The molecule has 1 aromatic heterocycles. The first-order valence-electron chi connectivity index (χ1n) is 5.35. The fourth-order valence-electron chi connectivity index (χ4n) is 2.76. The number of likely N-dealkylation sites (tertiary alicyclic amines) is 1. The SMILES string of the molecule is CN1CC2CC1CN2c1sccc1[N+](=O)[O-]. The van der Waals surface area contributed by atoms with Gasteiger partial charge in [-0.2, -0.15) is 0 Å². The first-order chi connectivity index (χ1) is 7.66. The Morgan fingerprint density at radius 1 is 1.50 bits per heavy atom. The molecule has 2 bridgehead atoms. The van der Waals surface area contributed by atoms with Crippen molar-refractivity contribution in [1.29, 1.82) is 0 Å². The van der Waals surface area contributed by atoms with Gasteiger partial charge in [-0.05, 0) is 18.8 Å². The van der Waals surface area contributed by atoms with Crippen LogP contribution in [0, 0.1) is 10.1 Å².